The highest BCUT2D eigenvalue weighted by Crippen LogP contribution is 2.60. The van der Waals surface area contributed by atoms with E-state index in [1.54, 1.807) is 6.07 Å². The largest absolute Gasteiger partial charge is 0.330 e. The molecule has 4 saturated carbocycles. The molecule has 1 N–H and O–H groups in total. The first-order valence-corrected chi connectivity index (χ1v) is 11.2. The minimum absolute atomic E-state index is 0.0686. The van der Waals surface area contributed by atoms with Crippen LogP contribution in [0.5, 0.6) is 0 Å². The number of hydrogen-bond acceptors (Lipinski definition) is 2. The molecular weight excluding hydrogens is 372 g/mol. The maximum absolute atomic E-state index is 13.7. The van der Waals surface area contributed by atoms with Gasteiger partial charge in [-0.3, -0.25) is 9.59 Å². The molecule has 4 aliphatic carbocycles. The summed E-state index contributed by atoms with van der Waals surface area (Å²) in [7, 11) is 0. The van der Waals surface area contributed by atoms with Crippen molar-refractivity contribution in [3.63, 3.8) is 0 Å². The van der Waals surface area contributed by atoms with Gasteiger partial charge in [0.15, 0.2) is 0 Å². The first kappa shape index (κ1) is 18.5. The van der Waals surface area contributed by atoms with E-state index in [1.807, 2.05) is 24.0 Å². The topological polar surface area (TPSA) is 49.4 Å². The van der Waals surface area contributed by atoms with Gasteiger partial charge in [0.05, 0.1) is 5.41 Å². The summed E-state index contributed by atoms with van der Waals surface area (Å²) in [5.74, 6) is 2.41. The van der Waals surface area contributed by atoms with Crippen molar-refractivity contribution in [2.75, 3.05) is 11.9 Å². The van der Waals surface area contributed by atoms with Crippen molar-refractivity contribution in [3.05, 3.63) is 28.8 Å². The second kappa shape index (κ2) is 6.76. The van der Waals surface area contributed by atoms with Gasteiger partial charge in [-0.2, -0.15) is 0 Å². The molecule has 0 radical (unpaired) electrons. The number of rotatable bonds is 3. The fourth-order valence-electron chi connectivity index (χ4n) is 6.90. The van der Waals surface area contributed by atoms with Crippen LogP contribution >= 0.6 is 11.6 Å². The first-order valence-electron chi connectivity index (χ1n) is 10.8. The van der Waals surface area contributed by atoms with Gasteiger partial charge in [-0.05, 0) is 93.7 Å². The number of likely N-dealkylation sites (tertiary alicyclic amines) is 1. The Balaban J connectivity index is 1.34. The van der Waals surface area contributed by atoms with Crippen LogP contribution < -0.4 is 5.32 Å². The van der Waals surface area contributed by atoms with Crippen LogP contribution in [0.3, 0.4) is 0 Å². The first-order chi connectivity index (χ1) is 13.4. The van der Waals surface area contributed by atoms with Gasteiger partial charge in [0.2, 0.25) is 11.8 Å². The van der Waals surface area contributed by atoms with E-state index in [0.29, 0.717) is 11.6 Å². The number of carbonyl (C=O) groups excluding carboxylic acids is 2. The third-order valence-corrected chi connectivity index (χ3v) is 8.00. The zero-order chi connectivity index (χ0) is 19.5. The van der Waals surface area contributed by atoms with Gasteiger partial charge in [0, 0.05) is 17.3 Å². The predicted molar refractivity (Wildman–Crippen MR) is 110 cm³/mol. The quantitative estimate of drug-likeness (QED) is 0.792. The molecule has 5 aliphatic rings. The van der Waals surface area contributed by atoms with Crippen LogP contribution in [0.4, 0.5) is 5.69 Å². The van der Waals surface area contributed by atoms with Gasteiger partial charge < -0.3 is 10.2 Å². The molecule has 1 atom stereocenters. The summed E-state index contributed by atoms with van der Waals surface area (Å²) in [4.78, 5) is 28.7. The molecule has 5 heteroatoms. The predicted octanol–water partition coefficient (Wildman–Crippen LogP) is 4.79. The SMILES string of the molecule is Cc1ccc(Cl)cc1NC(=O)[C@H]1CCCN1C(=O)C12CC3CC(CC(C3)C1)C2. The Kier molecular flexibility index (Phi) is 4.46. The van der Waals surface area contributed by atoms with Crippen molar-refractivity contribution in [2.24, 2.45) is 23.2 Å². The molecule has 150 valence electrons. The van der Waals surface area contributed by atoms with E-state index in [2.05, 4.69) is 5.32 Å². The molecule has 6 rings (SSSR count). The summed E-state index contributed by atoms with van der Waals surface area (Å²) in [6, 6.07) is 5.17. The summed E-state index contributed by atoms with van der Waals surface area (Å²) < 4.78 is 0. The van der Waals surface area contributed by atoms with Crippen LogP contribution in [-0.2, 0) is 9.59 Å². The fraction of sp³-hybridized carbons (Fsp3) is 0.652. The number of hydrogen-bond donors (Lipinski definition) is 1. The Hall–Kier alpha value is -1.55. The van der Waals surface area contributed by atoms with Crippen LogP contribution in [0, 0.1) is 30.1 Å². The Morgan fingerprint density at radius 3 is 2.39 bits per heavy atom. The Morgan fingerprint density at radius 2 is 1.75 bits per heavy atom. The van der Waals surface area contributed by atoms with Gasteiger partial charge in [-0.1, -0.05) is 17.7 Å². The van der Waals surface area contributed by atoms with E-state index in [9.17, 15) is 9.59 Å². The molecule has 1 aromatic carbocycles. The van der Waals surface area contributed by atoms with Gasteiger partial charge in [-0.25, -0.2) is 0 Å². The van der Waals surface area contributed by atoms with E-state index >= 15 is 0 Å². The summed E-state index contributed by atoms with van der Waals surface area (Å²) in [5.41, 5.74) is 1.55. The van der Waals surface area contributed by atoms with Crippen molar-refractivity contribution in [1.29, 1.82) is 0 Å². The fourth-order valence-corrected chi connectivity index (χ4v) is 7.08. The highest BCUT2D eigenvalue weighted by atomic mass is 35.5. The maximum atomic E-state index is 13.7. The summed E-state index contributed by atoms with van der Waals surface area (Å²) in [6.45, 7) is 2.67. The number of aryl methyl sites for hydroxylation is 1. The standard InChI is InChI=1S/C23H29ClN2O2/c1-14-4-5-18(24)10-19(14)25-21(27)20-3-2-6-26(20)22(28)23-11-15-7-16(12-23)9-17(8-15)13-23/h4-5,10,15-17,20H,2-3,6-9,11-13H2,1H3,(H,25,27)/t15?,16?,17?,20-,23?/m1/s1. The molecule has 5 fully saturated rings. The molecule has 0 aromatic heterocycles. The smallest absolute Gasteiger partial charge is 0.247 e. The van der Waals surface area contributed by atoms with E-state index in [0.717, 1.165) is 61.1 Å². The summed E-state index contributed by atoms with van der Waals surface area (Å²) >= 11 is 6.10. The molecule has 1 aromatic rings. The number of nitrogens with one attached hydrogen (secondary N) is 1. The number of anilines is 1. The van der Waals surface area contributed by atoms with Gasteiger partial charge in [0.1, 0.15) is 6.04 Å². The van der Waals surface area contributed by atoms with Crippen LogP contribution in [0.1, 0.15) is 56.9 Å². The highest BCUT2D eigenvalue weighted by Gasteiger charge is 2.56. The Labute approximate surface area is 172 Å². The van der Waals surface area contributed by atoms with Crippen molar-refractivity contribution in [1.82, 2.24) is 4.90 Å². The lowest BCUT2D eigenvalue weighted by Gasteiger charge is -2.56. The Bertz CT molecular complexity index is 786. The second-order valence-corrected chi connectivity index (χ2v) is 10.2. The minimum atomic E-state index is -0.348. The number of amides is 2. The zero-order valence-corrected chi connectivity index (χ0v) is 17.3. The number of carbonyl (C=O) groups is 2. The van der Waals surface area contributed by atoms with Crippen LogP contribution in [0.25, 0.3) is 0 Å². The van der Waals surface area contributed by atoms with Crippen LogP contribution in [-0.4, -0.2) is 29.3 Å². The van der Waals surface area contributed by atoms with Crippen molar-refractivity contribution >= 4 is 29.1 Å². The normalized spacial score (nSPS) is 36.0. The summed E-state index contributed by atoms with van der Waals surface area (Å²) in [5, 5.41) is 3.64. The lowest BCUT2D eigenvalue weighted by atomic mass is 9.49. The van der Waals surface area contributed by atoms with Gasteiger partial charge >= 0.3 is 0 Å². The molecule has 2 amide bonds. The van der Waals surface area contributed by atoms with Crippen molar-refractivity contribution < 1.29 is 9.59 Å². The molecule has 1 heterocycles. The average molecular weight is 401 g/mol. The monoisotopic (exact) mass is 400 g/mol. The maximum Gasteiger partial charge on any atom is 0.247 e. The van der Waals surface area contributed by atoms with E-state index in [1.165, 1.54) is 19.3 Å². The second-order valence-electron chi connectivity index (χ2n) is 9.80. The lowest BCUT2D eigenvalue weighted by molar-refractivity contribution is -0.160. The third-order valence-electron chi connectivity index (χ3n) is 7.77. The summed E-state index contributed by atoms with van der Waals surface area (Å²) in [6.07, 6.45) is 8.79. The third kappa shape index (κ3) is 3.04. The molecule has 0 spiro atoms. The van der Waals surface area contributed by atoms with E-state index in [4.69, 9.17) is 11.6 Å². The molecule has 1 aliphatic heterocycles. The molecule has 4 bridgehead atoms. The van der Waals surface area contributed by atoms with Crippen LogP contribution in [0.15, 0.2) is 18.2 Å². The lowest BCUT2D eigenvalue weighted by Crippen LogP contribution is -2.56. The van der Waals surface area contributed by atoms with E-state index in [-0.39, 0.29) is 23.3 Å². The molecule has 0 unspecified atom stereocenters. The van der Waals surface area contributed by atoms with Crippen LogP contribution in [0.2, 0.25) is 5.02 Å². The zero-order valence-electron chi connectivity index (χ0n) is 16.5. The Morgan fingerprint density at radius 1 is 1.11 bits per heavy atom. The highest BCUT2D eigenvalue weighted by molar-refractivity contribution is 6.31. The molecule has 28 heavy (non-hydrogen) atoms. The minimum Gasteiger partial charge on any atom is -0.330 e. The van der Waals surface area contributed by atoms with E-state index < -0.39 is 0 Å². The van der Waals surface area contributed by atoms with Crippen molar-refractivity contribution in [2.45, 2.75) is 64.3 Å². The number of halogens is 1. The van der Waals surface area contributed by atoms with Gasteiger partial charge in [0.25, 0.3) is 0 Å². The molecule has 4 nitrogen and oxygen atoms in total. The average Bonchev–Trinajstić information content (AvgIpc) is 3.12. The molecular formula is C23H29ClN2O2. The van der Waals surface area contributed by atoms with Gasteiger partial charge in [-0.15, -0.1) is 0 Å². The van der Waals surface area contributed by atoms with Crippen molar-refractivity contribution in [3.8, 4) is 0 Å². The number of benzene rings is 1. The molecule has 1 saturated heterocycles. The number of nitrogens with zero attached hydrogens (tertiary/aromatic N) is 1.